The summed E-state index contributed by atoms with van der Waals surface area (Å²) < 4.78 is 0. The van der Waals surface area contributed by atoms with E-state index in [0.29, 0.717) is 10.8 Å². The first-order valence-corrected chi connectivity index (χ1v) is 5.79. The molecule has 0 heterocycles. The number of hydrogen-bond acceptors (Lipinski definition) is 1. The van der Waals surface area contributed by atoms with Crippen molar-refractivity contribution in [3.05, 3.63) is 0 Å². The van der Waals surface area contributed by atoms with Crippen LogP contribution in [0.2, 0.25) is 0 Å². The summed E-state index contributed by atoms with van der Waals surface area (Å²) >= 11 is 0. The van der Waals surface area contributed by atoms with E-state index in [-0.39, 0.29) is 6.10 Å². The zero-order valence-corrected chi connectivity index (χ0v) is 8.97. The Kier molecular flexibility index (Phi) is 2.18. The van der Waals surface area contributed by atoms with E-state index >= 15 is 0 Å². The van der Waals surface area contributed by atoms with Gasteiger partial charge in [-0.1, -0.05) is 26.2 Å². The van der Waals surface area contributed by atoms with Crippen LogP contribution in [0.4, 0.5) is 0 Å². The Morgan fingerprint density at radius 2 is 1.54 bits per heavy atom. The standard InChI is InChI=1S/C12H22O/c1-10(13)12(8-9-12)11(2)6-4-3-5-7-11/h10,13H,3-9H2,1-2H3. The molecule has 0 amide bonds. The van der Waals surface area contributed by atoms with Crippen LogP contribution in [-0.2, 0) is 0 Å². The monoisotopic (exact) mass is 182 g/mol. The Balaban J connectivity index is 2.13. The molecule has 1 unspecified atom stereocenters. The summed E-state index contributed by atoms with van der Waals surface area (Å²) in [5.41, 5.74) is 0.771. The lowest BCUT2D eigenvalue weighted by Gasteiger charge is -2.43. The third-order valence-corrected chi connectivity index (χ3v) is 4.75. The van der Waals surface area contributed by atoms with Crippen molar-refractivity contribution in [3.63, 3.8) is 0 Å². The van der Waals surface area contributed by atoms with E-state index in [9.17, 15) is 5.11 Å². The molecule has 0 aromatic rings. The fourth-order valence-electron chi connectivity index (χ4n) is 3.49. The maximum atomic E-state index is 9.86. The number of aliphatic hydroxyl groups is 1. The summed E-state index contributed by atoms with van der Waals surface area (Å²) in [4.78, 5) is 0. The van der Waals surface area contributed by atoms with E-state index in [1.54, 1.807) is 0 Å². The van der Waals surface area contributed by atoms with E-state index in [1.807, 2.05) is 6.92 Å². The van der Waals surface area contributed by atoms with Crippen molar-refractivity contribution in [3.8, 4) is 0 Å². The van der Waals surface area contributed by atoms with Crippen LogP contribution >= 0.6 is 0 Å². The second-order valence-electron chi connectivity index (χ2n) is 5.45. The first-order chi connectivity index (χ1) is 6.11. The normalized spacial score (nSPS) is 32.5. The second kappa shape index (κ2) is 2.98. The lowest BCUT2D eigenvalue weighted by atomic mass is 9.63. The van der Waals surface area contributed by atoms with Crippen molar-refractivity contribution < 1.29 is 5.11 Å². The lowest BCUT2D eigenvalue weighted by molar-refractivity contribution is -0.00698. The molecule has 2 aliphatic carbocycles. The van der Waals surface area contributed by atoms with Crippen molar-refractivity contribution in [2.24, 2.45) is 10.8 Å². The molecule has 1 atom stereocenters. The molecule has 0 aromatic carbocycles. The van der Waals surface area contributed by atoms with Gasteiger partial charge < -0.3 is 5.11 Å². The quantitative estimate of drug-likeness (QED) is 0.695. The molecular formula is C12H22O. The van der Waals surface area contributed by atoms with Gasteiger partial charge in [0.25, 0.3) is 0 Å². The van der Waals surface area contributed by atoms with Gasteiger partial charge in [-0.15, -0.1) is 0 Å². The highest BCUT2D eigenvalue weighted by Gasteiger charge is 2.58. The largest absolute Gasteiger partial charge is 0.393 e. The molecule has 1 heteroatoms. The van der Waals surface area contributed by atoms with Crippen LogP contribution in [0.3, 0.4) is 0 Å². The summed E-state index contributed by atoms with van der Waals surface area (Å²) in [6, 6.07) is 0. The van der Waals surface area contributed by atoms with Gasteiger partial charge in [-0.05, 0) is 38.0 Å². The van der Waals surface area contributed by atoms with Crippen LogP contribution in [0, 0.1) is 10.8 Å². The van der Waals surface area contributed by atoms with Crippen molar-refractivity contribution in [1.29, 1.82) is 0 Å². The fourth-order valence-corrected chi connectivity index (χ4v) is 3.49. The minimum Gasteiger partial charge on any atom is -0.393 e. The van der Waals surface area contributed by atoms with Crippen LogP contribution in [-0.4, -0.2) is 11.2 Å². The summed E-state index contributed by atoms with van der Waals surface area (Å²) in [7, 11) is 0. The summed E-state index contributed by atoms with van der Waals surface area (Å²) in [5, 5.41) is 9.86. The summed E-state index contributed by atoms with van der Waals surface area (Å²) in [5.74, 6) is 0. The van der Waals surface area contributed by atoms with Crippen molar-refractivity contribution in [2.75, 3.05) is 0 Å². The smallest absolute Gasteiger partial charge is 0.0573 e. The van der Waals surface area contributed by atoms with Crippen LogP contribution in [0.5, 0.6) is 0 Å². The zero-order chi connectivity index (χ0) is 9.53. The van der Waals surface area contributed by atoms with Crippen LogP contribution in [0.15, 0.2) is 0 Å². The van der Waals surface area contributed by atoms with Gasteiger partial charge in [-0.3, -0.25) is 0 Å². The highest BCUT2D eigenvalue weighted by Crippen LogP contribution is 2.65. The molecule has 0 saturated heterocycles. The van der Waals surface area contributed by atoms with Gasteiger partial charge in [0.1, 0.15) is 0 Å². The van der Waals surface area contributed by atoms with Gasteiger partial charge in [0.15, 0.2) is 0 Å². The molecule has 2 saturated carbocycles. The molecule has 0 bridgehead atoms. The number of hydrogen-bond donors (Lipinski definition) is 1. The van der Waals surface area contributed by atoms with Crippen molar-refractivity contribution in [1.82, 2.24) is 0 Å². The molecule has 1 nitrogen and oxygen atoms in total. The predicted molar refractivity (Wildman–Crippen MR) is 54.5 cm³/mol. The summed E-state index contributed by atoms with van der Waals surface area (Å²) in [6.07, 6.45) is 9.30. The Morgan fingerprint density at radius 1 is 1.00 bits per heavy atom. The molecule has 0 aliphatic heterocycles. The van der Waals surface area contributed by atoms with Gasteiger partial charge in [-0.2, -0.15) is 0 Å². The van der Waals surface area contributed by atoms with E-state index in [1.165, 1.54) is 44.9 Å². The maximum Gasteiger partial charge on any atom is 0.0573 e. The second-order valence-corrected chi connectivity index (χ2v) is 5.45. The third kappa shape index (κ3) is 1.32. The number of aliphatic hydroxyl groups excluding tert-OH is 1. The first-order valence-electron chi connectivity index (χ1n) is 5.79. The van der Waals surface area contributed by atoms with Gasteiger partial charge in [-0.25, -0.2) is 0 Å². The molecule has 13 heavy (non-hydrogen) atoms. The van der Waals surface area contributed by atoms with E-state index < -0.39 is 0 Å². The summed E-state index contributed by atoms with van der Waals surface area (Å²) in [6.45, 7) is 4.40. The minimum absolute atomic E-state index is 0.0874. The molecule has 2 fully saturated rings. The SMILES string of the molecule is CC(O)C1(C2(C)CCCCC2)CC1. The molecule has 0 radical (unpaired) electrons. The Morgan fingerprint density at radius 3 is 1.92 bits per heavy atom. The Labute approximate surface area is 81.5 Å². The average Bonchev–Trinajstić information content (AvgIpc) is 2.85. The fraction of sp³-hybridized carbons (Fsp3) is 1.00. The zero-order valence-electron chi connectivity index (χ0n) is 8.97. The highest BCUT2D eigenvalue weighted by molar-refractivity contribution is 5.08. The van der Waals surface area contributed by atoms with E-state index in [2.05, 4.69) is 6.92 Å². The van der Waals surface area contributed by atoms with E-state index in [4.69, 9.17) is 0 Å². The van der Waals surface area contributed by atoms with Gasteiger partial charge >= 0.3 is 0 Å². The Hall–Kier alpha value is -0.0400. The van der Waals surface area contributed by atoms with Gasteiger partial charge in [0.05, 0.1) is 6.10 Å². The highest BCUT2D eigenvalue weighted by atomic mass is 16.3. The average molecular weight is 182 g/mol. The third-order valence-electron chi connectivity index (χ3n) is 4.75. The lowest BCUT2D eigenvalue weighted by Crippen LogP contribution is -2.38. The van der Waals surface area contributed by atoms with Crippen LogP contribution < -0.4 is 0 Å². The van der Waals surface area contributed by atoms with Crippen molar-refractivity contribution in [2.45, 2.75) is 64.9 Å². The van der Waals surface area contributed by atoms with Crippen LogP contribution in [0.25, 0.3) is 0 Å². The molecule has 2 aliphatic rings. The van der Waals surface area contributed by atoms with Gasteiger partial charge in [0, 0.05) is 5.41 Å². The molecule has 76 valence electrons. The molecule has 1 N–H and O–H groups in total. The molecule has 2 rings (SSSR count). The topological polar surface area (TPSA) is 20.2 Å². The Bertz CT molecular complexity index is 185. The molecule has 0 spiro atoms. The minimum atomic E-state index is -0.0874. The molecule has 0 aromatic heterocycles. The van der Waals surface area contributed by atoms with Gasteiger partial charge in [0.2, 0.25) is 0 Å². The van der Waals surface area contributed by atoms with Crippen molar-refractivity contribution >= 4 is 0 Å². The maximum absolute atomic E-state index is 9.86. The van der Waals surface area contributed by atoms with Crippen LogP contribution in [0.1, 0.15) is 58.8 Å². The predicted octanol–water partition coefficient (Wildman–Crippen LogP) is 3.12. The molecular weight excluding hydrogens is 160 g/mol. The number of rotatable bonds is 2. The van der Waals surface area contributed by atoms with E-state index in [0.717, 1.165) is 0 Å². The first kappa shape index (κ1) is 9.51.